The van der Waals surface area contributed by atoms with Gasteiger partial charge in [-0.05, 0) is 30.5 Å². The van der Waals surface area contributed by atoms with Crippen molar-refractivity contribution < 1.29 is 4.74 Å². The Kier molecular flexibility index (Phi) is 4.15. The van der Waals surface area contributed by atoms with Crippen LogP contribution < -0.4 is 4.74 Å². The summed E-state index contributed by atoms with van der Waals surface area (Å²) in [6, 6.07) is 14.0. The van der Waals surface area contributed by atoms with Gasteiger partial charge in [-0.1, -0.05) is 37.3 Å². The summed E-state index contributed by atoms with van der Waals surface area (Å²) in [5.74, 6) is 0.434. The van der Waals surface area contributed by atoms with Crippen LogP contribution >= 0.6 is 0 Å². The molecule has 0 aliphatic rings. The van der Waals surface area contributed by atoms with Gasteiger partial charge in [0.15, 0.2) is 0 Å². The highest BCUT2D eigenvalue weighted by Gasteiger charge is 2.11. The molecule has 0 N–H and O–H groups in total. The SMILES string of the molecule is CCc1cc(C)nc(OCc2ccccc2)c1C#N. The van der Waals surface area contributed by atoms with E-state index in [0.717, 1.165) is 23.2 Å². The van der Waals surface area contributed by atoms with Crippen LogP contribution in [0.2, 0.25) is 0 Å². The van der Waals surface area contributed by atoms with Crippen LogP contribution in [0.1, 0.15) is 29.3 Å². The van der Waals surface area contributed by atoms with E-state index < -0.39 is 0 Å². The first kappa shape index (κ1) is 13.1. The zero-order valence-corrected chi connectivity index (χ0v) is 11.2. The maximum Gasteiger partial charge on any atom is 0.232 e. The van der Waals surface area contributed by atoms with Crippen molar-refractivity contribution in [2.45, 2.75) is 26.9 Å². The lowest BCUT2D eigenvalue weighted by Gasteiger charge is -2.10. The number of benzene rings is 1. The average Bonchev–Trinajstić information content (AvgIpc) is 2.45. The molecular weight excluding hydrogens is 236 g/mol. The van der Waals surface area contributed by atoms with E-state index in [1.165, 1.54) is 0 Å². The Morgan fingerprint density at radius 3 is 2.63 bits per heavy atom. The Hall–Kier alpha value is -2.34. The molecule has 3 nitrogen and oxygen atoms in total. The van der Waals surface area contributed by atoms with Crippen LogP contribution in [0, 0.1) is 18.3 Å². The number of aryl methyl sites for hydroxylation is 2. The van der Waals surface area contributed by atoms with E-state index in [4.69, 9.17) is 4.74 Å². The van der Waals surface area contributed by atoms with Crippen molar-refractivity contribution in [2.24, 2.45) is 0 Å². The van der Waals surface area contributed by atoms with Gasteiger partial charge in [-0.3, -0.25) is 0 Å². The van der Waals surface area contributed by atoms with Gasteiger partial charge in [-0.15, -0.1) is 0 Å². The highest BCUT2D eigenvalue weighted by molar-refractivity contribution is 5.46. The van der Waals surface area contributed by atoms with Crippen LogP contribution in [0.15, 0.2) is 36.4 Å². The summed E-state index contributed by atoms with van der Waals surface area (Å²) in [7, 11) is 0. The van der Waals surface area contributed by atoms with E-state index in [2.05, 4.69) is 11.1 Å². The highest BCUT2D eigenvalue weighted by Crippen LogP contribution is 2.22. The molecule has 0 unspecified atom stereocenters. The van der Waals surface area contributed by atoms with E-state index in [9.17, 15) is 5.26 Å². The van der Waals surface area contributed by atoms with Crippen LogP contribution in [-0.4, -0.2) is 4.98 Å². The molecule has 96 valence electrons. The van der Waals surface area contributed by atoms with Crippen LogP contribution in [0.3, 0.4) is 0 Å². The molecule has 3 heteroatoms. The van der Waals surface area contributed by atoms with Crippen molar-refractivity contribution in [3.63, 3.8) is 0 Å². The standard InChI is InChI=1S/C16H16N2O/c1-3-14-9-12(2)18-16(15(14)10-17)19-11-13-7-5-4-6-8-13/h4-9H,3,11H2,1-2H3. The summed E-state index contributed by atoms with van der Waals surface area (Å²) < 4.78 is 5.70. The zero-order chi connectivity index (χ0) is 13.7. The van der Waals surface area contributed by atoms with Gasteiger partial charge < -0.3 is 4.74 Å². The third-order valence-electron chi connectivity index (χ3n) is 2.91. The van der Waals surface area contributed by atoms with Crippen molar-refractivity contribution >= 4 is 0 Å². The first-order valence-electron chi connectivity index (χ1n) is 6.32. The second-order valence-corrected chi connectivity index (χ2v) is 4.34. The number of ether oxygens (including phenoxy) is 1. The maximum absolute atomic E-state index is 9.25. The molecule has 0 atom stereocenters. The second kappa shape index (κ2) is 6.01. The number of pyridine rings is 1. The monoisotopic (exact) mass is 252 g/mol. The number of nitriles is 1. The fraction of sp³-hybridized carbons (Fsp3) is 0.250. The molecule has 2 aromatic rings. The Balaban J connectivity index is 2.25. The van der Waals surface area contributed by atoms with Crippen molar-refractivity contribution in [3.8, 4) is 11.9 Å². The lowest BCUT2D eigenvalue weighted by molar-refractivity contribution is 0.292. The molecule has 19 heavy (non-hydrogen) atoms. The summed E-state index contributed by atoms with van der Waals surface area (Å²) in [6.45, 7) is 4.36. The van der Waals surface area contributed by atoms with Gasteiger partial charge in [0.2, 0.25) is 5.88 Å². The predicted octanol–water partition coefficient (Wildman–Crippen LogP) is 3.40. The molecule has 0 amide bonds. The summed E-state index contributed by atoms with van der Waals surface area (Å²) in [4.78, 5) is 4.32. The number of nitrogens with zero attached hydrogens (tertiary/aromatic N) is 2. The normalized spacial score (nSPS) is 9.95. The maximum atomic E-state index is 9.25. The minimum absolute atomic E-state index is 0.426. The predicted molar refractivity (Wildman–Crippen MR) is 73.8 cm³/mol. The van der Waals surface area contributed by atoms with Gasteiger partial charge in [0.1, 0.15) is 18.2 Å². The van der Waals surface area contributed by atoms with E-state index in [0.29, 0.717) is 18.1 Å². The Labute approximate surface area is 113 Å². The fourth-order valence-corrected chi connectivity index (χ4v) is 1.94. The Bertz CT molecular complexity index is 600. The minimum atomic E-state index is 0.426. The molecule has 1 heterocycles. The molecule has 0 saturated carbocycles. The lowest BCUT2D eigenvalue weighted by atomic mass is 10.1. The zero-order valence-electron chi connectivity index (χ0n) is 11.2. The molecule has 0 aliphatic heterocycles. The molecule has 0 aliphatic carbocycles. The molecule has 0 spiro atoms. The van der Waals surface area contributed by atoms with Crippen molar-refractivity contribution in [1.82, 2.24) is 4.98 Å². The molecule has 1 aromatic heterocycles. The number of aromatic nitrogens is 1. The Morgan fingerprint density at radius 2 is 2.00 bits per heavy atom. The molecular formula is C16H16N2O. The molecule has 1 aromatic carbocycles. The second-order valence-electron chi connectivity index (χ2n) is 4.34. The summed E-state index contributed by atoms with van der Waals surface area (Å²) in [5.41, 5.74) is 3.47. The van der Waals surface area contributed by atoms with Crippen LogP contribution in [0.5, 0.6) is 5.88 Å². The molecule has 0 bridgehead atoms. The number of hydrogen-bond acceptors (Lipinski definition) is 3. The van der Waals surface area contributed by atoms with Crippen molar-refractivity contribution in [1.29, 1.82) is 5.26 Å². The van der Waals surface area contributed by atoms with Gasteiger partial charge >= 0.3 is 0 Å². The quantitative estimate of drug-likeness (QED) is 0.837. The summed E-state index contributed by atoms with van der Waals surface area (Å²) in [6.07, 6.45) is 0.800. The molecule has 0 saturated heterocycles. The summed E-state index contributed by atoms with van der Waals surface area (Å²) in [5, 5.41) is 9.25. The third kappa shape index (κ3) is 3.11. The van der Waals surface area contributed by atoms with Gasteiger partial charge in [0.25, 0.3) is 0 Å². The molecule has 0 fully saturated rings. The van der Waals surface area contributed by atoms with E-state index in [-0.39, 0.29) is 0 Å². The number of hydrogen-bond donors (Lipinski definition) is 0. The first-order chi connectivity index (χ1) is 9.24. The van der Waals surface area contributed by atoms with Crippen molar-refractivity contribution in [2.75, 3.05) is 0 Å². The van der Waals surface area contributed by atoms with Gasteiger partial charge in [-0.2, -0.15) is 5.26 Å². The largest absolute Gasteiger partial charge is 0.472 e. The van der Waals surface area contributed by atoms with E-state index in [1.807, 2.05) is 50.2 Å². The average molecular weight is 252 g/mol. The van der Waals surface area contributed by atoms with E-state index in [1.54, 1.807) is 0 Å². The van der Waals surface area contributed by atoms with Gasteiger partial charge in [0, 0.05) is 5.69 Å². The number of rotatable bonds is 4. The highest BCUT2D eigenvalue weighted by atomic mass is 16.5. The van der Waals surface area contributed by atoms with Crippen LogP contribution in [0.4, 0.5) is 0 Å². The fourth-order valence-electron chi connectivity index (χ4n) is 1.94. The molecule has 2 rings (SSSR count). The van der Waals surface area contributed by atoms with Gasteiger partial charge in [-0.25, -0.2) is 4.98 Å². The lowest BCUT2D eigenvalue weighted by Crippen LogP contribution is -2.03. The van der Waals surface area contributed by atoms with Crippen LogP contribution in [-0.2, 0) is 13.0 Å². The minimum Gasteiger partial charge on any atom is -0.472 e. The molecule has 0 radical (unpaired) electrons. The first-order valence-corrected chi connectivity index (χ1v) is 6.32. The van der Waals surface area contributed by atoms with Gasteiger partial charge in [0.05, 0.1) is 0 Å². The topological polar surface area (TPSA) is 45.9 Å². The smallest absolute Gasteiger partial charge is 0.232 e. The third-order valence-corrected chi connectivity index (χ3v) is 2.91. The summed E-state index contributed by atoms with van der Waals surface area (Å²) >= 11 is 0. The Morgan fingerprint density at radius 1 is 1.26 bits per heavy atom. The van der Waals surface area contributed by atoms with Crippen LogP contribution in [0.25, 0.3) is 0 Å². The van der Waals surface area contributed by atoms with Crippen molar-refractivity contribution in [3.05, 3.63) is 58.8 Å². The van der Waals surface area contributed by atoms with E-state index >= 15 is 0 Å².